The summed E-state index contributed by atoms with van der Waals surface area (Å²) in [6.45, 7) is 1.61. The predicted octanol–water partition coefficient (Wildman–Crippen LogP) is 3.04. The summed E-state index contributed by atoms with van der Waals surface area (Å²) >= 11 is 1.63. The van der Waals surface area contributed by atoms with Crippen LogP contribution in [0.5, 0.6) is 5.75 Å². The molecule has 2 nitrogen and oxygen atoms in total. The van der Waals surface area contributed by atoms with Gasteiger partial charge < -0.3 is 4.74 Å². The van der Waals surface area contributed by atoms with Crippen LogP contribution >= 0.6 is 11.3 Å². The van der Waals surface area contributed by atoms with Crippen LogP contribution in [0.1, 0.15) is 12.5 Å². The molecule has 0 fully saturated rings. The number of hydrogen-bond donors (Lipinski definition) is 0. The molecule has 1 aromatic heterocycles. The van der Waals surface area contributed by atoms with Crippen molar-refractivity contribution >= 4 is 27.2 Å². The molecule has 15 heavy (non-hydrogen) atoms. The lowest BCUT2D eigenvalue weighted by Gasteiger charge is -2.01. The van der Waals surface area contributed by atoms with Crippen LogP contribution < -0.4 is 4.74 Å². The number of fused-ring (bicyclic) bond motifs is 1. The molecule has 2 aromatic rings. The molecule has 0 N–H and O–H groups in total. The summed E-state index contributed by atoms with van der Waals surface area (Å²) < 4.78 is 6.39. The minimum atomic E-state index is 0.192. The van der Waals surface area contributed by atoms with Gasteiger partial charge in [-0.15, -0.1) is 11.3 Å². The standard InChI is InChI=1S/C12H12O2S/c1-8(13)6-9-7-15-12-10(9)4-3-5-11(12)14-2/h3-5,7H,6H2,1-2H3. The van der Waals surface area contributed by atoms with Crippen LogP contribution in [0.3, 0.4) is 0 Å². The zero-order valence-corrected chi connectivity index (χ0v) is 9.56. The molecular weight excluding hydrogens is 208 g/mol. The van der Waals surface area contributed by atoms with Crippen molar-refractivity contribution < 1.29 is 9.53 Å². The highest BCUT2D eigenvalue weighted by Crippen LogP contribution is 2.33. The molecule has 0 radical (unpaired) electrons. The maximum atomic E-state index is 11.1. The summed E-state index contributed by atoms with van der Waals surface area (Å²) in [5.74, 6) is 1.07. The smallest absolute Gasteiger partial charge is 0.136 e. The molecule has 3 heteroatoms. The molecule has 0 aliphatic carbocycles. The van der Waals surface area contributed by atoms with Crippen LogP contribution in [0.15, 0.2) is 23.6 Å². The van der Waals surface area contributed by atoms with Gasteiger partial charge in [-0.05, 0) is 29.3 Å². The molecule has 0 unspecified atom stereocenters. The molecule has 0 saturated carbocycles. The Labute approximate surface area is 92.5 Å². The number of benzene rings is 1. The van der Waals surface area contributed by atoms with E-state index in [0.29, 0.717) is 6.42 Å². The Kier molecular flexibility index (Phi) is 2.73. The third kappa shape index (κ3) is 1.88. The van der Waals surface area contributed by atoms with Crippen LogP contribution in [0.4, 0.5) is 0 Å². The average molecular weight is 220 g/mol. The number of carbonyl (C=O) groups excluding carboxylic acids is 1. The zero-order chi connectivity index (χ0) is 10.8. The minimum absolute atomic E-state index is 0.192. The van der Waals surface area contributed by atoms with Crippen LogP contribution in [-0.2, 0) is 11.2 Å². The second-order valence-corrected chi connectivity index (χ2v) is 4.36. The van der Waals surface area contributed by atoms with E-state index in [1.54, 1.807) is 25.4 Å². The highest BCUT2D eigenvalue weighted by Gasteiger charge is 2.09. The Morgan fingerprint density at radius 2 is 2.27 bits per heavy atom. The third-order valence-electron chi connectivity index (χ3n) is 2.30. The number of methoxy groups -OCH3 is 1. The number of hydrogen-bond acceptors (Lipinski definition) is 3. The molecule has 0 atom stereocenters. The van der Waals surface area contributed by atoms with E-state index in [9.17, 15) is 4.79 Å². The van der Waals surface area contributed by atoms with E-state index >= 15 is 0 Å². The van der Waals surface area contributed by atoms with Crippen LogP contribution in [0.25, 0.3) is 10.1 Å². The van der Waals surface area contributed by atoms with Crippen molar-refractivity contribution in [1.82, 2.24) is 0 Å². The number of rotatable bonds is 3. The zero-order valence-electron chi connectivity index (χ0n) is 8.74. The molecule has 0 amide bonds. The van der Waals surface area contributed by atoms with E-state index in [0.717, 1.165) is 21.4 Å². The highest BCUT2D eigenvalue weighted by atomic mass is 32.1. The van der Waals surface area contributed by atoms with E-state index in [1.165, 1.54) is 0 Å². The van der Waals surface area contributed by atoms with Gasteiger partial charge in [-0.3, -0.25) is 4.79 Å². The van der Waals surface area contributed by atoms with Crippen LogP contribution in [0, 0.1) is 0 Å². The summed E-state index contributed by atoms with van der Waals surface area (Å²) in [5, 5.41) is 3.17. The van der Waals surface area contributed by atoms with E-state index in [2.05, 4.69) is 0 Å². The monoisotopic (exact) mass is 220 g/mol. The maximum absolute atomic E-state index is 11.1. The molecule has 78 valence electrons. The fraction of sp³-hybridized carbons (Fsp3) is 0.250. The first-order chi connectivity index (χ1) is 7.22. The van der Waals surface area contributed by atoms with Gasteiger partial charge in [0.25, 0.3) is 0 Å². The number of carbonyl (C=O) groups is 1. The molecule has 1 heterocycles. The topological polar surface area (TPSA) is 26.3 Å². The quantitative estimate of drug-likeness (QED) is 0.794. The van der Waals surface area contributed by atoms with Crippen molar-refractivity contribution in [1.29, 1.82) is 0 Å². The number of thiophene rings is 1. The summed E-state index contributed by atoms with van der Waals surface area (Å²) in [6.07, 6.45) is 0.507. The van der Waals surface area contributed by atoms with Gasteiger partial charge in [0.2, 0.25) is 0 Å². The molecule has 0 bridgehead atoms. The summed E-state index contributed by atoms with van der Waals surface area (Å²) in [4.78, 5) is 11.1. The Hall–Kier alpha value is -1.35. The van der Waals surface area contributed by atoms with Crippen molar-refractivity contribution in [3.8, 4) is 5.75 Å². The van der Waals surface area contributed by atoms with Gasteiger partial charge in [0.15, 0.2) is 0 Å². The van der Waals surface area contributed by atoms with Crippen molar-refractivity contribution in [2.75, 3.05) is 7.11 Å². The lowest BCUT2D eigenvalue weighted by atomic mass is 10.1. The Morgan fingerprint density at radius 3 is 2.93 bits per heavy atom. The lowest BCUT2D eigenvalue weighted by Crippen LogP contribution is -1.94. The van der Waals surface area contributed by atoms with Gasteiger partial charge in [0, 0.05) is 6.42 Å². The molecule has 0 saturated heterocycles. The maximum Gasteiger partial charge on any atom is 0.136 e. The first-order valence-corrected chi connectivity index (χ1v) is 5.63. The van der Waals surface area contributed by atoms with Crippen molar-refractivity contribution in [3.63, 3.8) is 0 Å². The fourth-order valence-electron chi connectivity index (χ4n) is 1.65. The van der Waals surface area contributed by atoms with Crippen molar-refractivity contribution in [3.05, 3.63) is 29.1 Å². The average Bonchev–Trinajstić information content (AvgIpc) is 2.61. The van der Waals surface area contributed by atoms with E-state index < -0.39 is 0 Å². The van der Waals surface area contributed by atoms with Crippen LogP contribution in [-0.4, -0.2) is 12.9 Å². The van der Waals surface area contributed by atoms with Crippen molar-refractivity contribution in [2.24, 2.45) is 0 Å². The van der Waals surface area contributed by atoms with Crippen molar-refractivity contribution in [2.45, 2.75) is 13.3 Å². The molecule has 0 aliphatic heterocycles. The Balaban J connectivity index is 2.55. The Bertz CT molecular complexity index is 499. The lowest BCUT2D eigenvalue weighted by molar-refractivity contribution is -0.116. The Morgan fingerprint density at radius 1 is 1.47 bits per heavy atom. The normalized spacial score (nSPS) is 10.5. The van der Waals surface area contributed by atoms with Crippen LogP contribution in [0.2, 0.25) is 0 Å². The first kappa shape index (κ1) is 10.2. The van der Waals surface area contributed by atoms with Gasteiger partial charge in [-0.2, -0.15) is 0 Å². The number of Topliss-reactive ketones (excluding diaryl/α,β-unsaturated/α-hetero) is 1. The van der Waals surface area contributed by atoms with E-state index in [4.69, 9.17) is 4.74 Å². The molecule has 2 rings (SSSR count). The highest BCUT2D eigenvalue weighted by molar-refractivity contribution is 7.17. The van der Waals surface area contributed by atoms with Gasteiger partial charge in [0.05, 0.1) is 11.8 Å². The van der Waals surface area contributed by atoms with E-state index in [1.807, 2.05) is 23.6 Å². The summed E-state index contributed by atoms with van der Waals surface area (Å²) in [6, 6.07) is 5.93. The van der Waals surface area contributed by atoms with Gasteiger partial charge in [-0.1, -0.05) is 12.1 Å². The second kappa shape index (κ2) is 4.03. The summed E-state index contributed by atoms with van der Waals surface area (Å²) in [5.41, 5.74) is 1.10. The van der Waals surface area contributed by atoms with Gasteiger partial charge in [-0.25, -0.2) is 0 Å². The van der Waals surface area contributed by atoms with Gasteiger partial charge in [0.1, 0.15) is 11.5 Å². The SMILES string of the molecule is COc1cccc2c(CC(C)=O)csc12. The predicted molar refractivity (Wildman–Crippen MR) is 62.8 cm³/mol. The molecule has 0 spiro atoms. The number of ketones is 1. The minimum Gasteiger partial charge on any atom is -0.495 e. The molecular formula is C12H12O2S. The number of ether oxygens (including phenoxy) is 1. The first-order valence-electron chi connectivity index (χ1n) is 4.75. The molecule has 1 aromatic carbocycles. The third-order valence-corrected chi connectivity index (χ3v) is 3.36. The molecule has 0 aliphatic rings. The largest absolute Gasteiger partial charge is 0.495 e. The van der Waals surface area contributed by atoms with Gasteiger partial charge >= 0.3 is 0 Å². The summed E-state index contributed by atoms with van der Waals surface area (Å²) in [7, 11) is 1.67. The second-order valence-electron chi connectivity index (χ2n) is 3.48. The fourth-order valence-corrected chi connectivity index (χ4v) is 2.71. The van der Waals surface area contributed by atoms with E-state index in [-0.39, 0.29) is 5.78 Å².